The maximum Gasteiger partial charge on any atom is 0.160 e. The minimum atomic E-state index is 0.172. The number of phenols is 1. The Balaban J connectivity index is 1.80. The van der Waals surface area contributed by atoms with Crippen molar-refractivity contribution in [3.8, 4) is 11.5 Å². The number of nitrogens with one attached hydrogen (secondary N) is 1. The van der Waals surface area contributed by atoms with E-state index in [1.807, 2.05) is 23.9 Å². The lowest BCUT2D eigenvalue weighted by Crippen LogP contribution is -2.18. The molecular formula is C14H19N3O2. The summed E-state index contributed by atoms with van der Waals surface area (Å²) in [5.74, 6) is 1.73. The Hall–Kier alpha value is -2.01. The normalized spacial score (nSPS) is 10.6. The summed E-state index contributed by atoms with van der Waals surface area (Å²) < 4.78 is 7.02. The summed E-state index contributed by atoms with van der Waals surface area (Å²) in [6.45, 7) is 1.56. The van der Waals surface area contributed by atoms with Crippen LogP contribution in [0.5, 0.6) is 11.5 Å². The fourth-order valence-corrected chi connectivity index (χ4v) is 1.92. The molecule has 0 aliphatic heterocycles. The van der Waals surface area contributed by atoms with Crippen LogP contribution in [0.2, 0.25) is 0 Å². The first-order valence-corrected chi connectivity index (χ1v) is 6.23. The Morgan fingerprint density at radius 3 is 2.89 bits per heavy atom. The van der Waals surface area contributed by atoms with Gasteiger partial charge in [0.1, 0.15) is 5.82 Å². The molecule has 1 heterocycles. The summed E-state index contributed by atoms with van der Waals surface area (Å²) in [7, 11) is 3.53. The molecule has 0 radical (unpaired) electrons. The molecule has 0 aliphatic carbocycles. The first-order chi connectivity index (χ1) is 9.20. The van der Waals surface area contributed by atoms with Crippen LogP contribution < -0.4 is 10.1 Å². The smallest absolute Gasteiger partial charge is 0.160 e. The van der Waals surface area contributed by atoms with E-state index in [4.69, 9.17) is 4.74 Å². The van der Waals surface area contributed by atoms with Gasteiger partial charge in [0.2, 0.25) is 0 Å². The molecule has 0 saturated carbocycles. The minimum Gasteiger partial charge on any atom is -0.504 e. The molecule has 19 heavy (non-hydrogen) atoms. The van der Waals surface area contributed by atoms with Gasteiger partial charge in [0.15, 0.2) is 11.5 Å². The zero-order valence-corrected chi connectivity index (χ0v) is 11.3. The second-order valence-electron chi connectivity index (χ2n) is 4.39. The largest absolute Gasteiger partial charge is 0.504 e. The number of methoxy groups -OCH3 is 1. The van der Waals surface area contributed by atoms with E-state index in [0.717, 1.165) is 24.4 Å². The molecular weight excluding hydrogens is 242 g/mol. The molecule has 0 spiro atoms. The van der Waals surface area contributed by atoms with Crippen molar-refractivity contribution in [2.75, 3.05) is 13.7 Å². The van der Waals surface area contributed by atoms with E-state index >= 15 is 0 Å². The van der Waals surface area contributed by atoms with E-state index in [-0.39, 0.29) is 5.75 Å². The topological polar surface area (TPSA) is 59.3 Å². The number of aryl methyl sites for hydroxylation is 1. The number of ether oxygens (including phenoxy) is 1. The zero-order valence-electron chi connectivity index (χ0n) is 11.3. The Morgan fingerprint density at radius 1 is 1.42 bits per heavy atom. The lowest BCUT2D eigenvalue weighted by Gasteiger charge is -2.08. The Bertz CT molecular complexity index is 537. The van der Waals surface area contributed by atoms with Crippen molar-refractivity contribution in [1.29, 1.82) is 0 Å². The standard InChI is InChI=1S/C14H19N3O2/c1-17-8-7-16-14(17)5-6-15-10-11-3-4-13(19-2)12(18)9-11/h3-4,7-9,15,18H,5-6,10H2,1-2H3. The van der Waals surface area contributed by atoms with Gasteiger partial charge < -0.3 is 19.7 Å². The molecule has 0 saturated heterocycles. The zero-order chi connectivity index (χ0) is 13.7. The van der Waals surface area contributed by atoms with Crippen LogP contribution >= 0.6 is 0 Å². The number of rotatable bonds is 6. The highest BCUT2D eigenvalue weighted by molar-refractivity contribution is 5.41. The van der Waals surface area contributed by atoms with Crippen LogP contribution in [0, 0.1) is 0 Å². The van der Waals surface area contributed by atoms with Crippen LogP contribution in [-0.2, 0) is 20.0 Å². The molecule has 2 N–H and O–H groups in total. The van der Waals surface area contributed by atoms with Gasteiger partial charge in [-0.25, -0.2) is 4.98 Å². The van der Waals surface area contributed by atoms with E-state index in [2.05, 4.69) is 10.3 Å². The van der Waals surface area contributed by atoms with Gasteiger partial charge in [-0.05, 0) is 17.7 Å². The third-order valence-corrected chi connectivity index (χ3v) is 3.02. The maximum absolute atomic E-state index is 9.67. The summed E-state index contributed by atoms with van der Waals surface area (Å²) >= 11 is 0. The molecule has 5 heteroatoms. The Kier molecular flexibility index (Phi) is 4.41. The molecule has 0 bridgehead atoms. The number of benzene rings is 1. The average Bonchev–Trinajstić information content (AvgIpc) is 2.80. The average molecular weight is 261 g/mol. The molecule has 0 amide bonds. The Labute approximate surface area is 112 Å². The second kappa shape index (κ2) is 6.24. The summed E-state index contributed by atoms with van der Waals surface area (Å²) in [6, 6.07) is 5.42. The lowest BCUT2D eigenvalue weighted by molar-refractivity contribution is 0.373. The molecule has 102 valence electrons. The van der Waals surface area contributed by atoms with Crippen molar-refractivity contribution in [2.45, 2.75) is 13.0 Å². The lowest BCUT2D eigenvalue weighted by atomic mass is 10.2. The fourth-order valence-electron chi connectivity index (χ4n) is 1.92. The van der Waals surface area contributed by atoms with Gasteiger partial charge >= 0.3 is 0 Å². The molecule has 1 aromatic heterocycles. The van der Waals surface area contributed by atoms with Crippen LogP contribution in [0.4, 0.5) is 0 Å². The number of hydrogen-bond donors (Lipinski definition) is 2. The first kappa shape index (κ1) is 13.4. The van der Waals surface area contributed by atoms with Gasteiger partial charge in [0.05, 0.1) is 7.11 Å². The number of hydrogen-bond acceptors (Lipinski definition) is 4. The van der Waals surface area contributed by atoms with Crippen molar-refractivity contribution in [1.82, 2.24) is 14.9 Å². The summed E-state index contributed by atoms with van der Waals surface area (Å²) in [5, 5.41) is 13.0. The van der Waals surface area contributed by atoms with E-state index in [1.54, 1.807) is 25.4 Å². The second-order valence-corrected chi connectivity index (χ2v) is 4.39. The van der Waals surface area contributed by atoms with E-state index in [0.29, 0.717) is 12.3 Å². The molecule has 2 rings (SSSR count). The van der Waals surface area contributed by atoms with Crippen molar-refractivity contribution >= 4 is 0 Å². The first-order valence-electron chi connectivity index (χ1n) is 6.23. The minimum absolute atomic E-state index is 0.172. The summed E-state index contributed by atoms with van der Waals surface area (Å²) in [4.78, 5) is 4.26. The quantitative estimate of drug-likeness (QED) is 0.773. The fraction of sp³-hybridized carbons (Fsp3) is 0.357. The van der Waals surface area contributed by atoms with Crippen molar-refractivity contribution in [3.05, 3.63) is 42.0 Å². The van der Waals surface area contributed by atoms with Gasteiger partial charge in [-0.15, -0.1) is 0 Å². The van der Waals surface area contributed by atoms with Crippen LogP contribution in [-0.4, -0.2) is 28.3 Å². The van der Waals surface area contributed by atoms with Gasteiger partial charge in [-0.3, -0.25) is 0 Å². The van der Waals surface area contributed by atoms with Crippen LogP contribution in [0.15, 0.2) is 30.6 Å². The SMILES string of the molecule is COc1ccc(CNCCc2nccn2C)cc1O. The van der Waals surface area contributed by atoms with Gasteiger partial charge in [0.25, 0.3) is 0 Å². The molecule has 2 aromatic rings. The predicted octanol–water partition coefficient (Wildman–Crippen LogP) is 1.47. The highest BCUT2D eigenvalue weighted by Crippen LogP contribution is 2.25. The predicted molar refractivity (Wildman–Crippen MR) is 73.3 cm³/mol. The molecule has 0 atom stereocenters. The molecule has 5 nitrogen and oxygen atoms in total. The molecule has 0 aliphatic rings. The Morgan fingerprint density at radius 2 is 2.26 bits per heavy atom. The number of nitrogens with zero attached hydrogens (tertiary/aromatic N) is 2. The molecule has 0 unspecified atom stereocenters. The van der Waals surface area contributed by atoms with Crippen molar-refractivity contribution in [2.24, 2.45) is 7.05 Å². The van der Waals surface area contributed by atoms with E-state index < -0.39 is 0 Å². The van der Waals surface area contributed by atoms with E-state index in [9.17, 15) is 5.11 Å². The van der Waals surface area contributed by atoms with Gasteiger partial charge in [-0.2, -0.15) is 0 Å². The molecule has 1 aromatic carbocycles. The summed E-state index contributed by atoms with van der Waals surface area (Å²) in [6.07, 6.45) is 4.62. The van der Waals surface area contributed by atoms with Crippen molar-refractivity contribution < 1.29 is 9.84 Å². The number of phenolic OH excluding ortho intramolecular Hbond substituents is 1. The number of aromatic hydroxyl groups is 1. The van der Waals surface area contributed by atoms with Crippen molar-refractivity contribution in [3.63, 3.8) is 0 Å². The molecule has 0 fully saturated rings. The van der Waals surface area contributed by atoms with Crippen LogP contribution in [0.1, 0.15) is 11.4 Å². The highest BCUT2D eigenvalue weighted by atomic mass is 16.5. The monoisotopic (exact) mass is 261 g/mol. The van der Waals surface area contributed by atoms with E-state index in [1.165, 1.54) is 0 Å². The number of aromatic nitrogens is 2. The van der Waals surface area contributed by atoms with Crippen LogP contribution in [0.3, 0.4) is 0 Å². The third kappa shape index (κ3) is 3.48. The number of imidazole rings is 1. The summed E-state index contributed by atoms with van der Waals surface area (Å²) in [5.41, 5.74) is 1.03. The third-order valence-electron chi connectivity index (χ3n) is 3.02. The van der Waals surface area contributed by atoms with Gasteiger partial charge in [0, 0.05) is 39.0 Å². The highest BCUT2D eigenvalue weighted by Gasteiger charge is 2.02. The van der Waals surface area contributed by atoms with Crippen LogP contribution in [0.25, 0.3) is 0 Å². The maximum atomic E-state index is 9.67. The van der Waals surface area contributed by atoms with Gasteiger partial charge in [-0.1, -0.05) is 6.07 Å².